The van der Waals surface area contributed by atoms with Crippen molar-refractivity contribution >= 4 is 17.7 Å². The smallest absolute Gasteiger partial charge is 0.248 e. The second-order valence-electron chi connectivity index (χ2n) is 4.66. The molecule has 2 heterocycles. The van der Waals surface area contributed by atoms with Crippen molar-refractivity contribution in [2.24, 2.45) is 0 Å². The number of carbonyl (C=O) groups is 1. The number of hydrogen-bond donors (Lipinski definition) is 0. The molecular weight excluding hydrogens is 238 g/mol. The topological polar surface area (TPSA) is 38.8 Å². The van der Waals surface area contributed by atoms with Crippen LogP contribution in [0.15, 0.2) is 0 Å². The molecule has 2 aliphatic rings. The normalized spacial score (nSPS) is 26.2. The summed E-state index contributed by atoms with van der Waals surface area (Å²) < 4.78 is 11.1. The van der Waals surface area contributed by atoms with Crippen molar-refractivity contribution in [3.8, 4) is 0 Å². The van der Waals surface area contributed by atoms with Gasteiger partial charge in [-0.15, -0.1) is 11.8 Å². The Labute approximate surface area is 107 Å². The van der Waals surface area contributed by atoms with Crippen molar-refractivity contribution in [1.29, 1.82) is 0 Å². The maximum absolute atomic E-state index is 11.7. The number of thioether (sulfide) groups is 1. The molecule has 4 nitrogen and oxygen atoms in total. The van der Waals surface area contributed by atoms with Crippen LogP contribution in [0.1, 0.15) is 20.3 Å². The van der Waals surface area contributed by atoms with Gasteiger partial charge in [-0.3, -0.25) is 4.79 Å². The van der Waals surface area contributed by atoms with Crippen molar-refractivity contribution in [1.82, 2.24) is 4.90 Å². The van der Waals surface area contributed by atoms with Gasteiger partial charge in [0.05, 0.1) is 10.9 Å². The molecule has 0 aliphatic carbocycles. The highest BCUT2D eigenvalue weighted by molar-refractivity contribution is 8.01. The van der Waals surface area contributed by atoms with E-state index in [1.54, 1.807) is 0 Å². The average molecular weight is 259 g/mol. The van der Waals surface area contributed by atoms with Crippen molar-refractivity contribution in [3.63, 3.8) is 0 Å². The maximum Gasteiger partial charge on any atom is 0.248 e. The third-order valence-corrected chi connectivity index (χ3v) is 4.89. The van der Waals surface area contributed by atoms with E-state index in [0.717, 1.165) is 31.9 Å². The van der Waals surface area contributed by atoms with Gasteiger partial charge in [-0.2, -0.15) is 0 Å². The van der Waals surface area contributed by atoms with Crippen LogP contribution in [0.4, 0.5) is 0 Å². The lowest BCUT2D eigenvalue weighted by molar-refractivity contribution is -0.141. The van der Waals surface area contributed by atoms with Gasteiger partial charge in [0.15, 0.2) is 0 Å². The van der Waals surface area contributed by atoms with Crippen LogP contribution in [0.2, 0.25) is 0 Å². The molecular formula is C12H21NO3S. The molecule has 5 heteroatoms. The zero-order valence-electron chi connectivity index (χ0n) is 10.6. The summed E-state index contributed by atoms with van der Waals surface area (Å²) in [4.78, 5) is 13.6. The van der Waals surface area contributed by atoms with Gasteiger partial charge in [0.2, 0.25) is 5.91 Å². The maximum atomic E-state index is 11.7. The van der Waals surface area contributed by atoms with Gasteiger partial charge < -0.3 is 14.4 Å². The molecule has 1 atom stereocenters. The first kappa shape index (κ1) is 13.2. The SMILES string of the molecule is CCOCC(=O)N1CC2(C[C@H](OCC)CS2)C1. The summed E-state index contributed by atoms with van der Waals surface area (Å²) in [6.07, 6.45) is 1.47. The molecule has 2 saturated heterocycles. The lowest BCUT2D eigenvalue weighted by atomic mass is 9.93. The van der Waals surface area contributed by atoms with E-state index in [2.05, 4.69) is 0 Å². The monoisotopic (exact) mass is 259 g/mol. The number of rotatable bonds is 5. The first-order valence-electron chi connectivity index (χ1n) is 6.30. The number of likely N-dealkylation sites (tertiary alicyclic amines) is 1. The number of hydrogen-bond acceptors (Lipinski definition) is 4. The molecule has 0 aromatic rings. The summed E-state index contributed by atoms with van der Waals surface area (Å²) in [5, 5.41) is 0. The second kappa shape index (κ2) is 5.59. The first-order chi connectivity index (χ1) is 8.19. The summed E-state index contributed by atoms with van der Waals surface area (Å²) in [6, 6.07) is 0. The van der Waals surface area contributed by atoms with Crippen LogP contribution in [0, 0.1) is 0 Å². The highest BCUT2D eigenvalue weighted by Crippen LogP contribution is 2.45. The van der Waals surface area contributed by atoms with Crippen LogP contribution < -0.4 is 0 Å². The Hall–Kier alpha value is -0.260. The van der Waals surface area contributed by atoms with Crippen molar-refractivity contribution < 1.29 is 14.3 Å². The minimum absolute atomic E-state index is 0.123. The van der Waals surface area contributed by atoms with E-state index in [4.69, 9.17) is 9.47 Å². The van der Waals surface area contributed by atoms with Crippen molar-refractivity contribution in [2.75, 3.05) is 38.7 Å². The quantitative estimate of drug-likeness (QED) is 0.742. The Morgan fingerprint density at radius 2 is 2.18 bits per heavy atom. The Kier molecular flexibility index (Phi) is 4.33. The zero-order valence-corrected chi connectivity index (χ0v) is 11.4. The number of carbonyl (C=O) groups excluding carboxylic acids is 1. The molecule has 1 spiro atoms. The average Bonchev–Trinajstić information content (AvgIpc) is 2.68. The van der Waals surface area contributed by atoms with E-state index in [-0.39, 0.29) is 17.3 Å². The third-order valence-electron chi connectivity index (χ3n) is 3.32. The van der Waals surface area contributed by atoms with Gasteiger partial charge in [0, 0.05) is 32.1 Å². The summed E-state index contributed by atoms with van der Waals surface area (Å²) in [7, 11) is 0. The minimum atomic E-state index is 0.123. The van der Waals surface area contributed by atoms with E-state index in [9.17, 15) is 4.79 Å². The molecule has 0 N–H and O–H groups in total. The molecule has 0 aromatic carbocycles. The summed E-state index contributed by atoms with van der Waals surface area (Å²) in [5.74, 6) is 1.19. The van der Waals surface area contributed by atoms with Gasteiger partial charge >= 0.3 is 0 Å². The Morgan fingerprint density at radius 3 is 2.82 bits per heavy atom. The highest BCUT2D eigenvalue weighted by atomic mass is 32.2. The number of amides is 1. The standard InChI is InChI=1S/C12H21NO3S/c1-3-15-6-11(14)13-8-12(9-13)5-10(7-17-12)16-4-2/h10H,3-9H2,1-2H3/t10-/m0/s1. The fraction of sp³-hybridized carbons (Fsp3) is 0.917. The first-order valence-corrected chi connectivity index (χ1v) is 7.29. The summed E-state index contributed by atoms with van der Waals surface area (Å²) in [5.41, 5.74) is 0. The third kappa shape index (κ3) is 2.95. The Morgan fingerprint density at radius 1 is 1.41 bits per heavy atom. The lowest BCUT2D eigenvalue weighted by Gasteiger charge is -2.47. The molecule has 2 fully saturated rings. The molecule has 1 amide bonds. The second-order valence-corrected chi connectivity index (χ2v) is 6.15. The van der Waals surface area contributed by atoms with Crippen molar-refractivity contribution in [2.45, 2.75) is 31.1 Å². The van der Waals surface area contributed by atoms with Crippen LogP contribution in [0.3, 0.4) is 0 Å². The minimum Gasteiger partial charge on any atom is -0.378 e. The summed E-state index contributed by atoms with van der Waals surface area (Å²) in [6.45, 7) is 7.30. The lowest BCUT2D eigenvalue weighted by Crippen LogP contribution is -2.61. The Bertz CT molecular complexity index is 279. The fourth-order valence-corrected chi connectivity index (χ4v) is 4.02. The molecule has 0 radical (unpaired) electrons. The van der Waals surface area contributed by atoms with Gasteiger partial charge in [-0.05, 0) is 20.3 Å². The summed E-state index contributed by atoms with van der Waals surface area (Å²) >= 11 is 1.96. The van der Waals surface area contributed by atoms with E-state index in [0.29, 0.717) is 12.7 Å². The fourth-order valence-electron chi connectivity index (χ4n) is 2.47. The number of ether oxygens (including phenoxy) is 2. The zero-order chi connectivity index (χ0) is 12.3. The van der Waals surface area contributed by atoms with E-state index in [1.165, 1.54) is 0 Å². The molecule has 2 aliphatic heterocycles. The predicted molar refractivity (Wildman–Crippen MR) is 68.3 cm³/mol. The van der Waals surface area contributed by atoms with Gasteiger partial charge in [-0.1, -0.05) is 0 Å². The van der Waals surface area contributed by atoms with Crippen LogP contribution in [-0.2, 0) is 14.3 Å². The molecule has 17 heavy (non-hydrogen) atoms. The van der Waals surface area contributed by atoms with Gasteiger partial charge in [0.1, 0.15) is 6.61 Å². The number of nitrogens with zero attached hydrogens (tertiary/aromatic N) is 1. The van der Waals surface area contributed by atoms with E-state index in [1.807, 2.05) is 30.5 Å². The van der Waals surface area contributed by atoms with Crippen LogP contribution in [0.25, 0.3) is 0 Å². The molecule has 0 aromatic heterocycles. The van der Waals surface area contributed by atoms with Crippen LogP contribution in [0.5, 0.6) is 0 Å². The predicted octanol–water partition coefficient (Wildman–Crippen LogP) is 1.15. The molecule has 98 valence electrons. The van der Waals surface area contributed by atoms with E-state index >= 15 is 0 Å². The van der Waals surface area contributed by atoms with Crippen molar-refractivity contribution in [3.05, 3.63) is 0 Å². The Balaban J connectivity index is 1.73. The molecule has 0 unspecified atom stereocenters. The van der Waals surface area contributed by atoms with E-state index < -0.39 is 0 Å². The van der Waals surface area contributed by atoms with Crippen LogP contribution in [-0.4, -0.2) is 60.3 Å². The van der Waals surface area contributed by atoms with Crippen LogP contribution >= 0.6 is 11.8 Å². The van der Waals surface area contributed by atoms with Gasteiger partial charge in [0.25, 0.3) is 0 Å². The highest BCUT2D eigenvalue weighted by Gasteiger charge is 2.50. The molecule has 0 saturated carbocycles. The molecule has 2 rings (SSSR count). The largest absolute Gasteiger partial charge is 0.378 e. The molecule has 0 bridgehead atoms. The van der Waals surface area contributed by atoms with Gasteiger partial charge in [-0.25, -0.2) is 0 Å².